The van der Waals surface area contributed by atoms with Crippen LogP contribution in [0.2, 0.25) is 0 Å². The number of fused-ring (bicyclic) bond motifs is 4. The maximum absolute atomic E-state index is 15.0. The summed E-state index contributed by atoms with van der Waals surface area (Å²) in [6, 6.07) is 26.6. The predicted octanol–water partition coefficient (Wildman–Crippen LogP) is 12.7. The summed E-state index contributed by atoms with van der Waals surface area (Å²) >= 11 is 0. The molecule has 12 aromatic rings. The highest BCUT2D eigenvalue weighted by molar-refractivity contribution is 5.99. The molecule has 0 amide bonds. The highest BCUT2D eigenvalue weighted by Crippen LogP contribution is 2.39. The van der Waals surface area contributed by atoms with Crippen molar-refractivity contribution in [1.29, 1.82) is 0 Å². The first kappa shape index (κ1) is 60.2. The Morgan fingerprint density at radius 3 is 1.24 bits per heavy atom. The summed E-state index contributed by atoms with van der Waals surface area (Å²) in [5.41, 5.74) is 18.7. The van der Waals surface area contributed by atoms with Crippen molar-refractivity contribution in [3.05, 3.63) is 201 Å². The quantitative estimate of drug-likeness (QED) is 0.109. The molecule has 4 N–H and O–H groups in total. The number of nitrogens with two attached hydrogens (primary N) is 2. The average Bonchev–Trinajstić information content (AvgIpc) is 4.20. The summed E-state index contributed by atoms with van der Waals surface area (Å²) < 4.78 is 75.9. The van der Waals surface area contributed by atoms with Crippen molar-refractivity contribution in [3.63, 3.8) is 0 Å². The second kappa shape index (κ2) is 24.1. The molecule has 18 nitrogen and oxygen atoms in total. The normalized spacial score (nSPS) is 12.1. The van der Waals surface area contributed by atoms with Crippen LogP contribution in [-0.2, 0) is 0 Å². The van der Waals surface area contributed by atoms with Gasteiger partial charge in [0.05, 0.1) is 57.6 Å². The lowest BCUT2D eigenvalue weighted by atomic mass is 10.0. The van der Waals surface area contributed by atoms with Crippen molar-refractivity contribution in [2.24, 2.45) is 0 Å². The number of benzene rings is 4. The molecule has 0 aliphatic heterocycles. The van der Waals surface area contributed by atoms with Crippen LogP contribution in [0.15, 0.2) is 144 Å². The van der Waals surface area contributed by atoms with Gasteiger partial charge in [-0.05, 0) is 150 Å². The van der Waals surface area contributed by atoms with Crippen LogP contribution in [0.1, 0.15) is 91.0 Å². The number of nitrogens with zero attached hydrogens (tertiary/aromatic N) is 12. The van der Waals surface area contributed by atoms with E-state index in [4.69, 9.17) is 41.1 Å². The fourth-order valence-electron chi connectivity index (χ4n) is 10.1. The molecule has 0 spiro atoms. The average molecular weight is 1170 g/mol. The monoisotopic (exact) mass is 1170 g/mol. The van der Waals surface area contributed by atoms with Gasteiger partial charge in [0.2, 0.25) is 0 Å². The van der Waals surface area contributed by atoms with E-state index in [1.165, 1.54) is 70.0 Å². The van der Waals surface area contributed by atoms with E-state index in [9.17, 15) is 18.4 Å². The van der Waals surface area contributed by atoms with Gasteiger partial charge in [0.15, 0.2) is 34.4 Å². The first-order valence-electron chi connectivity index (χ1n) is 26.7. The third-order valence-electron chi connectivity index (χ3n) is 13.9. The molecule has 8 heterocycles. The van der Waals surface area contributed by atoms with E-state index < -0.39 is 35.4 Å². The van der Waals surface area contributed by atoms with E-state index in [-0.39, 0.29) is 72.4 Å². The van der Waals surface area contributed by atoms with Crippen molar-refractivity contribution in [1.82, 2.24) is 58.3 Å². The van der Waals surface area contributed by atoms with Crippen LogP contribution >= 0.6 is 0 Å². The van der Waals surface area contributed by atoms with Gasteiger partial charge in [-0.25, -0.2) is 56.8 Å². The molecule has 0 saturated heterocycles. The number of ether oxygens (including phenoxy) is 2. The highest BCUT2D eigenvalue weighted by atomic mass is 19.1. The van der Waals surface area contributed by atoms with Gasteiger partial charge >= 0.3 is 0 Å². The Kier molecular flexibility index (Phi) is 16.9. The Labute approximate surface area is 491 Å². The lowest BCUT2D eigenvalue weighted by molar-refractivity contribution is 0.231. The Morgan fingerprint density at radius 2 is 0.884 bits per heavy atom. The Balaban J connectivity index is 0.000000201. The van der Waals surface area contributed by atoms with Gasteiger partial charge in [-0.1, -0.05) is 51.3 Å². The lowest BCUT2D eigenvalue weighted by Crippen LogP contribution is -2.23. The topological polar surface area (TPSA) is 226 Å². The molecule has 0 unspecified atom stereocenters. The molecule has 12 rings (SSSR count). The van der Waals surface area contributed by atoms with Gasteiger partial charge < -0.3 is 20.9 Å². The number of anilines is 2. The molecule has 22 heteroatoms. The molecule has 4 aromatic carbocycles. The van der Waals surface area contributed by atoms with Crippen LogP contribution in [0.4, 0.5) is 29.2 Å². The van der Waals surface area contributed by atoms with Crippen molar-refractivity contribution in [3.8, 4) is 56.3 Å². The fraction of sp³-hybridized carbons (Fsp3) is 0.219. The third-order valence-corrected chi connectivity index (χ3v) is 13.9. The molecule has 0 bridgehead atoms. The summed E-state index contributed by atoms with van der Waals surface area (Å²) in [7, 11) is 0. The maximum Gasteiger partial charge on any atom is 0.266 e. The van der Waals surface area contributed by atoms with Crippen LogP contribution in [0.25, 0.3) is 78.1 Å². The Bertz CT molecular complexity index is 4400. The molecule has 0 aliphatic rings. The Hall–Kier alpha value is -10.4. The molecule has 0 radical (unpaired) electrons. The molecule has 8 aromatic heterocycles. The minimum Gasteiger partial charge on any atom is -0.488 e. The minimum absolute atomic E-state index is 0. The molecule has 440 valence electrons. The van der Waals surface area contributed by atoms with Gasteiger partial charge in [-0.2, -0.15) is 10.2 Å². The first-order chi connectivity index (χ1) is 40.2. The third kappa shape index (κ3) is 11.3. The van der Waals surface area contributed by atoms with E-state index in [1.54, 1.807) is 70.3 Å². The summed E-state index contributed by atoms with van der Waals surface area (Å²) in [5, 5.41) is 10.5. The number of pyridine rings is 2. The number of aryl methyl sites for hydroxylation is 2. The SMILES string of the molecule is C.C.Cc1ccc2nc([C@@H](C)n3nc(-c4ccc(OC(C)C)c(F)c4)c4c(N)ncnc43)c(-c3cccc(F)c3)c(=O)n2c1.Cc1ccc2nc([C@H](C)n3nc(-c4ccc(OC(C)C)c(F)c4)c4c(N)ncnc43)c(-c3cccc(F)c3)c(=O)n2c1. The molecule has 2 atom stereocenters. The maximum atomic E-state index is 15.0. The molecular weight excluding hydrogens is 1100 g/mol. The highest BCUT2D eigenvalue weighted by Gasteiger charge is 2.29. The van der Waals surface area contributed by atoms with E-state index in [0.717, 1.165) is 11.1 Å². The summed E-state index contributed by atoms with van der Waals surface area (Å²) in [6.07, 6.45) is 5.60. The standard InChI is InChI=1S/2C31H27F2N7O2.2CH4/c2*1-16(2)42-23-10-9-20(13-22(23)33)28-26-29(34)35-15-36-30(26)40(38-28)18(4)27-25(19-6-5-7-21(32)12-19)31(41)39-14-17(3)8-11-24(39)37-27;;/h2*5-16,18H,1-4H3,(H2,34,35,36);2*1H4/t2*18-;;/m10../s1. The largest absolute Gasteiger partial charge is 0.488 e. The van der Waals surface area contributed by atoms with E-state index >= 15 is 8.78 Å². The van der Waals surface area contributed by atoms with Crippen LogP contribution in [0.5, 0.6) is 11.5 Å². The van der Waals surface area contributed by atoms with Crippen LogP contribution in [0, 0.1) is 37.1 Å². The zero-order valence-corrected chi connectivity index (χ0v) is 46.7. The zero-order valence-electron chi connectivity index (χ0n) is 46.7. The van der Waals surface area contributed by atoms with E-state index in [2.05, 4.69) is 19.9 Å². The lowest BCUT2D eigenvalue weighted by Gasteiger charge is -2.18. The Morgan fingerprint density at radius 1 is 0.488 bits per heavy atom. The van der Waals surface area contributed by atoms with Crippen molar-refractivity contribution < 1.29 is 27.0 Å². The molecule has 0 fully saturated rings. The summed E-state index contributed by atoms with van der Waals surface area (Å²) in [5.74, 6) is -1.54. The number of aromatic nitrogens is 12. The van der Waals surface area contributed by atoms with Gasteiger partial charge in [-0.3, -0.25) is 18.4 Å². The molecule has 86 heavy (non-hydrogen) atoms. The van der Waals surface area contributed by atoms with Crippen molar-refractivity contribution in [2.45, 2.75) is 94.5 Å². The molecular formula is C64H62F4N14O4. The van der Waals surface area contributed by atoms with E-state index in [1.807, 2.05) is 67.5 Å². The van der Waals surface area contributed by atoms with Gasteiger partial charge in [0.25, 0.3) is 11.1 Å². The second-order valence-electron chi connectivity index (χ2n) is 20.7. The van der Waals surface area contributed by atoms with Gasteiger partial charge in [0, 0.05) is 23.5 Å². The van der Waals surface area contributed by atoms with Crippen molar-refractivity contribution in [2.75, 3.05) is 11.5 Å². The van der Waals surface area contributed by atoms with Crippen LogP contribution in [0.3, 0.4) is 0 Å². The zero-order chi connectivity index (χ0) is 59.4. The number of hydrogen-bond donors (Lipinski definition) is 2. The van der Waals surface area contributed by atoms with Gasteiger partial charge in [0.1, 0.15) is 58.6 Å². The smallest absolute Gasteiger partial charge is 0.266 e. The van der Waals surface area contributed by atoms with Gasteiger partial charge in [-0.15, -0.1) is 0 Å². The summed E-state index contributed by atoms with van der Waals surface area (Å²) in [4.78, 5) is 54.7. The van der Waals surface area contributed by atoms with E-state index in [0.29, 0.717) is 78.4 Å². The number of rotatable bonds is 12. The number of halogens is 4. The van der Waals surface area contributed by atoms with Crippen molar-refractivity contribution >= 4 is 45.0 Å². The predicted molar refractivity (Wildman–Crippen MR) is 326 cm³/mol. The fourth-order valence-corrected chi connectivity index (χ4v) is 10.1. The summed E-state index contributed by atoms with van der Waals surface area (Å²) in [6.45, 7) is 14.6. The van der Waals surface area contributed by atoms with Crippen LogP contribution < -0.4 is 32.1 Å². The second-order valence-corrected chi connectivity index (χ2v) is 20.7. The van der Waals surface area contributed by atoms with Crippen LogP contribution in [-0.4, -0.2) is 70.5 Å². The minimum atomic E-state index is -0.679. The first-order valence-corrected chi connectivity index (χ1v) is 26.7. The molecule has 0 saturated carbocycles. The number of nitrogen functional groups attached to an aromatic ring is 2. The number of hydrogen-bond acceptors (Lipinski definition) is 14. The molecule has 0 aliphatic carbocycles.